The normalized spacial score (nSPS) is 11.3. The number of hydrogen-bond acceptors (Lipinski definition) is 5. The Balaban J connectivity index is 2.13. The van der Waals surface area contributed by atoms with E-state index >= 15 is 0 Å². The van der Waals surface area contributed by atoms with Crippen LogP contribution in [-0.2, 0) is 0 Å². The number of pyridine rings is 1. The van der Waals surface area contributed by atoms with E-state index in [2.05, 4.69) is 35.5 Å². The summed E-state index contributed by atoms with van der Waals surface area (Å²) in [4.78, 5) is 14.7. The standard InChI is InChI=1S/C16H8BrClF3N3O4/c17-9-3-8(4-11(5-9)28-16(19,20)21)12-6-14(27-15(25)26)23-24(12)10-1-2-13(18)22-7-10/h1-7H,(H,25,26). The van der Waals surface area contributed by atoms with Crippen LogP contribution in [0.25, 0.3) is 16.9 Å². The van der Waals surface area contributed by atoms with Gasteiger partial charge in [0.25, 0.3) is 0 Å². The van der Waals surface area contributed by atoms with Crippen LogP contribution in [0.5, 0.6) is 11.6 Å². The van der Waals surface area contributed by atoms with Crippen LogP contribution in [0.2, 0.25) is 5.15 Å². The molecule has 0 unspecified atom stereocenters. The van der Waals surface area contributed by atoms with E-state index in [4.69, 9.17) is 16.7 Å². The van der Waals surface area contributed by atoms with Crippen molar-refractivity contribution in [1.29, 1.82) is 0 Å². The molecule has 0 aliphatic carbocycles. The maximum absolute atomic E-state index is 12.6. The van der Waals surface area contributed by atoms with E-state index < -0.39 is 18.3 Å². The lowest BCUT2D eigenvalue weighted by molar-refractivity contribution is -0.274. The highest BCUT2D eigenvalue weighted by Crippen LogP contribution is 2.34. The summed E-state index contributed by atoms with van der Waals surface area (Å²) in [6, 6.07) is 8.03. The number of aromatic nitrogens is 3. The predicted octanol–water partition coefficient (Wildman–Crippen LogP) is 5.31. The Morgan fingerprint density at radius 2 is 1.96 bits per heavy atom. The number of carboxylic acid groups (broad SMARTS) is 1. The molecule has 1 N–H and O–H groups in total. The third-order valence-corrected chi connectivity index (χ3v) is 3.92. The van der Waals surface area contributed by atoms with Crippen LogP contribution in [0.4, 0.5) is 18.0 Å². The van der Waals surface area contributed by atoms with Crippen molar-refractivity contribution in [3.05, 3.63) is 52.2 Å². The summed E-state index contributed by atoms with van der Waals surface area (Å²) in [7, 11) is 0. The molecule has 28 heavy (non-hydrogen) atoms. The molecule has 0 saturated heterocycles. The highest BCUT2D eigenvalue weighted by atomic mass is 79.9. The fraction of sp³-hybridized carbons (Fsp3) is 0.0625. The summed E-state index contributed by atoms with van der Waals surface area (Å²) >= 11 is 8.88. The van der Waals surface area contributed by atoms with Gasteiger partial charge in [-0.15, -0.1) is 18.3 Å². The zero-order chi connectivity index (χ0) is 20.5. The molecule has 0 aliphatic heterocycles. The second kappa shape index (κ2) is 7.68. The molecule has 0 aliphatic rings. The number of ether oxygens (including phenoxy) is 2. The Morgan fingerprint density at radius 1 is 1.21 bits per heavy atom. The number of hydrogen-bond donors (Lipinski definition) is 1. The summed E-state index contributed by atoms with van der Waals surface area (Å²) < 4.78 is 47.8. The minimum atomic E-state index is -4.88. The Kier molecular flexibility index (Phi) is 5.47. The van der Waals surface area contributed by atoms with Gasteiger partial charge in [-0.25, -0.2) is 14.5 Å². The van der Waals surface area contributed by atoms with E-state index in [0.29, 0.717) is 10.2 Å². The van der Waals surface area contributed by atoms with Gasteiger partial charge < -0.3 is 14.6 Å². The average molecular weight is 479 g/mol. The first-order valence-corrected chi connectivity index (χ1v) is 8.47. The SMILES string of the molecule is O=C(O)Oc1cc(-c2cc(Br)cc(OC(F)(F)F)c2)n(-c2ccc(Cl)nc2)n1. The van der Waals surface area contributed by atoms with Crippen molar-refractivity contribution in [3.63, 3.8) is 0 Å². The maximum atomic E-state index is 12.6. The van der Waals surface area contributed by atoms with Crippen LogP contribution >= 0.6 is 27.5 Å². The molecule has 3 rings (SSSR count). The lowest BCUT2D eigenvalue weighted by Gasteiger charge is -2.12. The quantitative estimate of drug-likeness (QED) is 0.404. The fourth-order valence-corrected chi connectivity index (χ4v) is 2.88. The van der Waals surface area contributed by atoms with Crippen molar-refractivity contribution in [2.45, 2.75) is 6.36 Å². The maximum Gasteiger partial charge on any atom is 0.573 e. The van der Waals surface area contributed by atoms with E-state index in [1.54, 1.807) is 6.07 Å². The van der Waals surface area contributed by atoms with E-state index in [0.717, 1.165) is 12.1 Å². The Morgan fingerprint density at radius 3 is 2.57 bits per heavy atom. The van der Waals surface area contributed by atoms with E-state index in [1.807, 2.05) is 0 Å². The summed E-state index contributed by atoms with van der Waals surface area (Å²) in [5.74, 6) is -0.754. The van der Waals surface area contributed by atoms with Gasteiger partial charge in [-0.05, 0) is 30.3 Å². The van der Waals surface area contributed by atoms with Gasteiger partial charge in [-0.2, -0.15) is 0 Å². The zero-order valence-corrected chi connectivity index (χ0v) is 15.8. The Bertz CT molecular complexity index is 1020. The van der Waals surface area contributed by atoms with Crippen molar-refractivity contribution in [3.8, 4) is 28.6 Å². The van der Waals surface area contributed by atoms with Gasteiger partial charge in [-0.3, -0.25) is 0 Å². The summed E-state index contributed by atoms with van der Waals surface area (Å²) in [5.41, 5.74) is 0.850. The summed E-state index contributed by atoms with van der Waals surface area (Å²) in [6.45, 7) is 0. The Hall–Kier alpha value is -2.79. The first-order chi connectivity index (χ1) is 13.1. The second-order valence-electron chi connectivity index (χ2n) is 5.21. The summed E-state index contributed by atoms with van der Waals surface area (Å²) in [6.07, 6.45) is -5.12. The van der Waals surface area contributed by atoms with Crippen molar-refractivity contribution in [2.75, 3.05) is 0 Å². The van der Waals surface area contributed by atoms with E-state index in [-0.39, 0.29) is 22.3 Å². The van der Waals surface area contributed by atoms with Crippen LogP contribution in [0.15, 0.2) is 47.1 Å². The molecular formula is C16H8BrClF3N3O4. The monoisotopic (exact) mass is 477 g/mol. The summed E-state index contributed by atoms with van der Waals surface area (Å²) in [5, 5.41) is 13.0. The van der Waals surface area contributed by atoms with Crippen LogP contribution in [-0.4, -0.2) is 32.4 Å². The molecule has 7 nitrogen and oxygen atoms in total. The topological polar surface area (TPSA) is 86.5 Å². The van der Waals surface area contributed by atoms with Crippen molar-refractivity contribution >= 4 is 33.7 Å². The minimum absolute atomic E-state index is 0.211. The molecule has 2 heterocycles. The third kappa shape index (κ3) is 4.93. The molecule has 0 amide bonds. The van der Waals surface area contributed by atoms with Crippen molar-refractivity contribution in [1.82, 2.24) is 14.8 Å². The van der Waals surface area contributed by atoms with Gasteiger partial charge in [0.2, 0.25) is 5.88 Å². The molecule has 0 saturated carbocycles. The van der Waals surface area contributed by atoms with Gasteiger partial charge >= 0.3 is 12.5 Å². The number of carbonyl (C=O) groups is 1. The fourth-order valence-electron chi connectivity index (χ4n) is 2.30. The molecule has 0 fully saturated rings. The number of rotatable bonds is 4. The van der Waals surface area contributed by atoms with Crippen LogP contribution in [0.3, 0.4) is 0 Å². The first-order valence-electron chi connectivity index (χ1n) is 7.30. The molecular weight excluding hydrogens is 471 g/mol. The van der Waals surface area contributed by atoms with Gasteiger partial charge in [0, 0.05) is 16.1 Å². The van der Waals surface area contributed by atoms with Gasteiger partial charge in [-0.1, -0.05) is 27.5 Å². The van der Waals surface area contributed by atoms with Crippen LogP contribution < -0.4 is 9.47 Å². The number of alkyl halides is 3. The van der Waals surface area contributed by atoms with Crippen molar-refractivity contribution < 1.29 is 32.5 Å². The van der Waals surface area contributed by atoms with Gasteiger partial charge in [0.15, 0.2) is 0 Å². The molecule has 0 bridgehead atoms. The molecule has 0 spiro atoms. The molecule has 12 heteroatoms. The molecule has 0 atom stereocenters. The van der Waals surface area contributed by atoms with E-state index in [9.17, 15) is 18.0 Å². The molecule has 0 radical (unpaired) electrons. The predicted molar refractivity (Wildman–Crippen MR) is 94.8 cm³/mol. The van der Waals surface area contributed by atoms with E-state index in [1.165, 1.54) is 29.1 Å². The van der Waals surface area contributed by atoms with Gasteiger partial charge in [0.1, 0.15) is 10.9 Å². The minimum Gasteiger partial charge on any atom is -0.449 e. The molecule has 3 aromatic rings. The first kappa shape index (κ1) is 20.0. The average Bonchev–Trinajstić information content (AvgIpc) is 2.96. The second-order valence-corrected chi connectivity index (χ2v) is 6.51. The van der Waals surface area contributed by atoms with Crippen LogP contribution in [0, 0.1) is 0 Å². The van der Waals surface area contributed by atoms with Gasteiger partial charge in [0.05, 0.1) is 17.6 Å². The lowest BCUT2D eigenvalue weighted by Crippen LogP contribution is -2.17. The molecule has 146 valence electrons. The lowest BCUT2D eigenvalue weighted by atomic mass is 10.1. The zero-order valence-electron chi connectivity index (χ0n) is 13.4. The largest absolute Gasteiger partial charge is 0.573 e. The van der Waals surface area contributed by atoms with Crippen LogP contribution in [0.1, 0.15) is 0 Å². The molecule has 2 aromatic heterocycles. The highest BCUT2D eigenvalue weighted by Gasteiger charge is 2.31. The number of nitrogens with zero attached hydrogens (tertiary/aromatic N) is 3. The van der Waals surface area contributed by atoms with Crippen molar-refractivity contribution in [2.24, 2.45) is 0 Å². The molecule has 1 aromatic carbocycles. The third-order valence-electron chi connectivity index (χ3n) is 3.24. The number of benzene rings is 1. The Labute approximate surface area is 168 Å². The highest BCUT2D eigenvalue weighted by molar-refractivity contribution is 9.10. The smallest absolute Gasteiger partial charge is 0.449 e. The number of halogens is 5.